The minimum absolute atomic E-state index is 0.0812. The van der Waals surface area contributed by atoms with Gasteiger partial charge >= 0.3 is 0 Å². The zero-order valence-corrected chi connectivity index (χ0v) is 15.0. The van der Waals surface area contributed by atoms with Crippen molar-refractivity contribution in [3.8, 4) is 5.75 Å². The largest absolute Gasteiger partial charge is 0.483 e. The van der Waals surface area contributed by atoms with Crippen molar-refractivity contribution < 1.29 is 22.7 Å². The van der Waals surface area contributed by atoms with Crippen molar-refractivity contribution in [3.05, 3.63) is 71.4 Å². The van der Waals surface area contributed by atoms with Gasteiger partial charge in [0.05, 0.1) is 12.2 Å². The molecule has 27 heavy (non-hydrogen) atoms. The van der Waals surface area contributed by atoms with E-state index in [1.54, 1.807) is 19.3 Å². The van der Waals surface area contributed by atoms with E-state index in [1.165, 1.54) is 17.0 Å². The van der Waals surface area contributed by atoms with Crippen LogP contribution in [0.3, 0.4) is 0 Å². The van der Waals surface area contributed by atoms with E-state index in [1.807, 2.05) is 17.7 Å². The molecule has 0 aliphatic heterocycles. The monoisotopic (exact) mass is 375 g/mol. The summed E-state index contributed by atoms with van der Waals surface area (Å²) in [6.07, 6.45) is 1.69. The van der Waals surface area contributed by atoms with Crippen LogP contribution in [0.15, 0.2) is 47.0 Å². The smallest absolute Gasteiger partial charge is 0.289 e. The molecule has 1 aromatic carbocycles. The van der Waals surface area contributed by atoms with Gasteiger partial charge in [-0.1, -0.05) is 0 Å². The molecule has 0 atom stereocenters. The highest BCUT2D eigenvalue weighted by Crippen LogP contribution is 2.20. The summed E-state index contributed by atoms with van der Waals surface area (Å²) in [5, 5.41) is 4.17. The van der Waals surface area contributed by atoms with Gasteiger partial charge in [-0.15, -0.1) is 0 Å². The van der Waals surface area contributed by atoms with Crippen LogP contribution in [0.25, 0.3) is 0 Å². The first kappa shape index (κ1) is 18.6. The minimum atomic E-state index is -0.801. The molecule has 1 amide bonds. The van der Waals surface area contributed by atoms with Gasteiger partial charge in [0, 0.05) is 25.9 Å². The fourth-order valence-corrected chi connectivity index (χ4v) is 2.59. The van der Waals surface area contributed by atoms with Gasteiger partial charge in [0.15, 0.2) is 17.3 Å². The predicted molar refractivity (Wildman–Crippen MR) is 93.1 cm³/mol. The minimum Gasteiger partial charge on any atom is -0.483 e. The number of carbonyl (C=O) groups excluding carboxylic acids is 1. The maximum absolute atomic E-state index is 13.6. The van der Waals surface area contributed by atoms with Crippen molar-refractivity contribution in [2.45, 2.75) is 26.6 Å². The molecule has 3 rings (SSSR count). The number of benzene rings is 1. The maximum atomic E-state index is 13.6. The summed E-state index contributed by atoms with van der Waals surface area (Å²) in [6.45, 7) is 3.00. The molecule has 0 saturated heterocycles. The number of hydrogen-bond donors (Lipinski definition) is 0. The Kier molecular flexibility index (Phi) is 5.54. The zero-order valence-electron chi connectivity index (χ0n) is 15.0. The SMILES string of the molecule is CCn1nccc1CN(C)C(=O)c1ccc(COc2ccc(F)cc2F)o1. The van der Waals surface area contributed by atoms with Crippen LogP contribution in [0, 0.1) is 11.6 Å². The Morgan fingerprint density at radius 2 is 2.07 bits per heavy atom. The molecule has 0 fully saturated rings. The number of ether oxygens (including phenoxy) is 1. The van der Waals surface area contributed by atoms with Crippen molar-refractivity contribution >= 4 is 5.91 Å². The fraction of sp³-hybridized carbons (Fsp3) is 0.263. The number of nitrogens with zero attached hydrogens (tertiary/aromatic N) is 3. The van der Waals surface area contributed by atoms with Gasteiger partial charge in [-0.3, -0.25) is 9.48 Å². The molecule has 0 spiro atoms. The van der Waals surface area contributed by atoms with Gasteiger partial charge in [0.1, 0.15) is 18.2 Å². The highest BCUT2D eigenvalue weighted by molar-refractivity contribution is 5.91. The maximum Gasteiger partial charge on any atom is 0.289 e. The van der Waals surface area contributed by atoms with Crippen LogP contribution in [0.5, 0.6) is 5.75 Å². The predicted octanol–water partition coefficient (Wildman–Crippen LogP) is 3.63. The van der Waals surface area contributed by atoms with E-state index in [0.29, 0.717) is 18.8 Å². The van der Waals surface area contributed by atoms with E-state index in [0.717, 1.165) is 17.8 Å². The molecule has 0 saturated carbocycles. The van der Waals surface area contributed by atoms with Crippen LogP contribution in [0.2, 0.25) is 0 Å². The topological polar surface area (TPSA) is 60.5 Å². The average Bonchev–Trinajstić information content (AvgIpc) is 3.29. The van der Waals surface area contributed by atoms with Gasteiger partial charge in [0.25, 0.3) is 5.91 Å². The van der Waals surface area contributed by atoms with Crippen molar-refractivity contribution in [2.75, 3.05) is 7.05 Å². The molecule has 2 heterocycles. The molecule has 6 nitrogen and oxygen atoms in total. The second-order valence-electron chi connectivity index (χ2n) is 5.93. The number of hydrogen-bond acceptors (Lipinski definition) is 4. The lowest BCUT2D eigenvalue weighted by molar-refractivity contribution is 0.0745. The molecule has 0 bridgehead atoms. The summed E-state index contributed by atoms with van der Waals surface area (Å²) < 4.78 is 39.0. The van der Waals surface area contributed by atoms with Crippen LogP contribution < -0.4 is 4.74 Å². The quantitative estimate of drug-likeness (QED) is 0.633. The van der Waals surface area contributed by atoms with Gasteiger partial charge < -0.3 is 14.1 Å². The normalized spacial score (nSPS) is 10.8. The molecule has 0 aliphatic carbocycles. The Balaban J connectivity index is 1.61. The van der Waals surface area contributed by atoms with Crippen LogP contribution in [0.1, 0.15) is 28.9 Å². The number of rotatable bonds is 7. The van der Waals surface area contributed by atoms with Crippen molar-refractivity contribution in [1.82, 2.24) is 14.7 Å². The van der Waals surface area contributed by atoms with Crippen LogP contribution in [-0.4, -0.2) is 27.6 Å². The molecule has 0 radical (unpaired) electrons. The van der Waals surface area contributed by atoms with Gasteiger partial charge in [-0.2, -0.15) is 5.10 Å². The third-order valence-corrected chi connectivity index (χ3v) is 3.99. The van der Waals surface area contributed by atoms with Gasteiger partial charge in [0.2, 0.25) is 0 Å². The Labute approximate surface area is 155 Å². The number of amides is 1. The lowest BCUT2D eigenvalue weighted by Gasteiger charge is -2.16. The number of aryl methyl sites for hydroxylation is 1. The molecular weight excluding hydrogens is 356 g/mol. The Hall–Kier alpha value is -3.16. The van der Waals surface area contributed by atoms with Crippen molar-refractivity contribution in [2.24, 2.45) is 0 Å². The van der Waals surface area contributed by atoms with Gasteiger partial charge in [-0.05, 0) is 37.3 Å². The lowest BCUT2D eigenvalue weighted by atomic mass is 10.3. The van der Waals surface area contributed by atoms with Gasteiger partial charge in [-0.25, -0.2) is 8.78 Å². The number of furan rings is 1. The first-order valence-electron chi connectivity index (χ1n) is 8.40. The third-order valence-electron chi connectivity index (χ3n) is 3.99. The van der Waals surface area contributed by atoms with E-state index >= 15 is 0 Å². The average molecular weight is 375 g/mol. The highest BCUT2D eigenvalue weighted by Gasteiger charge is 2.18. The number of carbonyl (C=O) groups is 1. The van der Waals surface area contributed by atoms with Crippen LogP contribution in [0.4, 0.5) is 8.78 Å². The van der Waals surface area contributed by atoms with E-state index in [9.17, 15) is 13.6 Å². The second-order valence-corrected chi connectivity index (χ2v) is 5.93. The Bertz CT molecular complexity index is 936. The lowest BCUT2D eigenvalue weighted by Crippen LogP contribution is -2.27. The zero-order chi connectivity index (χ0) is 19.4. The first-order valence-corrected chi connectivity index (χ1v) is 8.40. The Morgan fingerprint density at radius 1 is 1.26 bits per heavy atom. The number of aromatic nitrogens is 2. The molecular formula is C19H19F2N3O3. The van der Waals surface area contributed by atoms with E-state index in [4.69, 9.17) is 9.15 Å². The standard InChI is InChI=1S/C19H19F2N3O3/c1-3-24-14(8-9-22-24)11-23(2)19(25)18-7-5-15(27-18)12-26-17-6-4-13(20)10-16(17)21/h4-10H,3,11-12H2,1-2H3. The summed E-state index contributed by atoms with van der Waals surface area (Å²) >= 11 is 0. The summed E-state index contributed by atoms with van der Waals surface area (Å²) in [6, 6.07) is 8.01. The molecule has 3 aromatic rings. The van der Waals surface area contributed by atoms with E-state index in [2.05, 4.69) is 5.10 Å². The Morgan fingerprint density at radius 3 is 2.81 bits per heavy atom. The van der Waals surface area contributed by atoms with Crippen LogP contribution >= 0.6 is 0 Å². The van der Waals surface area contributed by atoms with Crippen molar-refractivity contribution in [3.63, 3.8) is 0 Å². The van der Waals surface area contributed by atoms with E-state index in [-0.39, 0.29) is 24.0 Å². The highest BCUT2D eigenvalue weighted by atomic mass is 19.1. The second kappa shape index (κ2) is 8.03. The summed E-state index contributed by atoms with van der Waals surface area (Å²) in [5.74, 6) is -1.36. The molecule has 142 valence electrons. The summed E-state index contributed by atoms with van der Waals surface area (Å²) in [7, 11) is 1.67. The van der Waals surface area contributed by atoms with Crippen LogP contribution in [-0.2, 0) is 19.7 Å². The third kappa shape index (κ3) is 4.33. The summed E-state index contributed by atoms with van der Waals surface area (Å²) in [4.78, 5) is 14.0. The van der Waals surface area contributed by atoms with Crippen molar-refractivity contribution in [1.29, 1.82) is 0 Å². The molecule has 0 N–H and O–H groups in total. The fourth-order valence-electron chi connectivity index (χ4n) is 2.59. The summed E-state index contributed by atoms with van der Waals surface area (Å²) in [5.41, 5.74) is 0.912. The van der Waals surface area contributed by atoms with E-state index < -0.39 is 11.6 Å². The first-order chi connectivity index (χ1) is 13.0. The molecule has 8 heteroatoms. The number of halogens is 2. The molecule has 0 unspecified atom stereocenters. The molecule has 0 aliphatic rings. The molecule has 2 aromatic heterocycles.